The van der Waals surface area contributed by atoms with Crippen LogP contribution in [0.4, 0.5) is 4.79 Å². The zero-order chi connectivity index (χ0) is 47.3. The van der Waals surface area contributed by atoms with E-state index in [0.29, 0.717) is 4.90 Å². The second kappa shape index (κ2) is 24.3. The summed E-state index contributed by atoms with van der Waals surface area (Å²) in [6.45, 7) is 3.39. The van der Waals surface area contributed by atoms with Crippen molar-refractivity contribution in [2.75, 3.05) is 19.8 Å². The smallest absolute Gasteiger partial charge is 0.408 e. The molecule has 0 radical (unpaired) electrons. The molecule has 2 heterocycles. The van der Waals surface area contributed by atoms with Gasteiger partial charge in [0.05, 0.1) is 26.4 Å². The van der Waals surface area contributed by atoms with Gasteiger partial charge in [0, 0.05) is 18.7 Å². The minimum absolute atomic E-state index is 0.0442. The lowest BCUT2D eigenvalue weighted by atomic mass is 9.91. The molecule has 15 nitrogen and oxygen atoms in total. The molecule has 0 bridgehead atoms. The van der Waals surface area contributed by atoms with Gasteiger partial charge in [0.2, 0.25) is 3.79 Å². The Morgan fingerprint density at radius 3 is 1.82 bits per heavy atom. The highest BCUT2D eigenvalue weighted by Crippen LogP contribution is 2.42. The molecule has 4 aromatic carbocycles. The van der Waals surface area contributed by atoms with Crippen molar-refractivity contribution in [3.8, 4) is 0 Å². The fourth-order valence-electron chi connectivity index (χ4n) is 7.24. The summed E-state index contributed by atoms with van der Waals surface area (Å²) in [6, 6.07) is 35.6. The van der Waals surface area contributed by atoms with E-state index in [1.807, 2.05) is 110 Å². The SMILES string of the molecule is CC(=O)OC[C@H]1O[C@@H](Sc2ccc(C)cc2)[C@@](N)(NC(=O)OCC(Cl)(Cl)Cl)[C@@H](O[C@@H]2O[C@H](COCc3ccccc3)[C@H](OCc3ccccc3)[C@H](OCc3ccccc3)[C@H]2O)[C@H]1OC(C)=O. The number of aliphatic hydroxyl groups is 1. The highest BCUT2D eigenvalue weighted by Gasteiger charge is 2.61. The van der Waals surface area contributed by atoms with Crippen LogP contribution in [0.25, 0.3) is 0 Å². The first-order valence-electron chi connectivity index (χ1n) is 21.0. The molecule has 2 fully saturated rings. The predicted octanol–water partition coefficient (Wildman–Crippen LogP) is 6.92. The van der Waals surface area contributed by atoms with Crippen LogP contribution in [0.5, 0.6) is 0 Å². The number of benzene rings is 4. The molecule has 2 aliphatic rings. The van der Waals surface area contributed by atoms with Crippen LogP contribution in [0.15, 0.2) is 120 Å². The number of hydrogen-bond donors (Lipinski definition) is 3. The molecule has 0 aliphatic carbocycles. The third kappa shape index (κ3) is 15.0. The number of nitrogens with one attached hydrogen (secondary N) is 1. The number of carbonyl (C=O) groups is 3. The van der Waals surface area contributed by atoms with Crippen LogP contribution < -0.4 is 11.1 Å². The van der Waals surface area contributed by atoms with E-state index in [-0.39, 0.29) is 26.4 Å². The van der Waals surface area contributed by atoms with Crippen molar-refractivity contribution in [1.29, 1.82) is 0 Å². The molecule has 2 saturated heterocycles. The first kappa shape index (κ1) is 51.4. The molecule has 0 saturated carbocycles. The van der Waals surface area contributed by atoms with Crippen molar-refractivity contribution in [2.24, 2.45) is 5.73 Å². The Balaban J connectivity index is 1.42. The van der Waals surface area contributed by atoms with Crippen molar-refractivity contribution in [3.63, 3.8) is 0 Å². The minimum Gasteiger partial charge on any atom is -0.463 e. The van der Waals surface area contributed by atoms with Crippen molar-refractivity contribution < 1.29 is 62.1 Å². The molecule has 0 unspecified atom stereocenters. The van der Waals surface area contributed by atoms with Crippen LogP contribution in [0, 0.1) is 6.92 Å². The van der Waals surface area contributed by atoms with Crippen molar-refractivity contribution in [1.82, 2.24) is 5.32 Å². The Bertz CT molecular complexity index is 2150. The third-order valence-electron chi connectivity index (χ3n) is 10.4. The van der Waals surface area contributed by atoms with Crippen LogP contribution >= 0.6 is 46.6 Å². The normalized spacial score (nSPS) is 26.5. The van der Waals surface area contributed by atoms with E-state index >= 15 is 0 Å². The monoisotopic (exact) mass is 990 g/mol. The van der Waals surface area contributed by atoms with Crippen LogP contribution in [-0.2, 0) is 72.0 Å². The number of amides is 1. The van der Waals surface area contributed by atoms with Gasteiger partial charge in [-0.1, -0.05) is 155 Å². The zero-order valence-electron chi connectivity index (χ0n) is 36.4. The summed E-state index contributed by atoms with van der Waals surface area (Å²) in [4.78, 5) is 39.5. The van der Waals surface area contributed by atoms with Gasteiger partial charge in [-0.15, -0.1) is 0 Å². The average Bonchev–Trinajstić information content (AvgIpc) is 3.28. The Kier molecular flexibility index (Phi) is 18.9. The van der Waals surface area contributed by atoms with E-state index in [2.05, 4.69) is 5.32 Å². The molecular formula is C47H53Cl3N2O13S. The van der Waals surface area contributed by atoms with Gasteiger partial charge < -0.3 is 53.5 Å². The Labute approximate surface area is 402 Å². The predicted molar refractivity (Wildman–Crippen MR) is 245 cm³/mol. The molecule has 4 aromatic rings. The number of aliphatic hydroxyl groups excluding tert-OH is 1. The molecule has 19 heteroatoms. The number of thioether (sulfide) groups is 1. The van der Waals surface area contributed by atoms with Gasteiger partial charge in [-0.3, -0.25) is 14.9 Å². The first-order chi connectivity index (χ1) is 31.6. The summed E-state index contributed by atoms with van der Waals surface area (Å²) in [6.07, 6.45) is -12.1. The number of alkyl carbamates (subject to hydrolysis) is 1. The zero-order valence-corrected chi connectivity index (χ0v) is 39.5. The van der Waals surface area contributed by atoms with Gasteiger partial charge in [-0.05, 0) is 35.7 Å². The molecular weight excluding hydrogens is 939 g/mol. The summed E-state index contributed by atoms with van der Waals surface area (Å²) in [7, 11) is 0. The lowest BCUT2D eigenvalue weighted by Crippen LogP contribution is -2.79. The van der Waals surface area contributed by atoms with Crippen LogP contribution in [0.1, 0.15) is 36.1 Å². The average molecular weight is 992 g/mol. The van der Waals surface area contributed by atoms with Gasteiger partial charge in [0.15, 0.2) is 18.1 Å². The molecule has 66 heavy (non-hydrogen) atoms. The van der Waals surface area contributed by atoms with E-state index in [1.165, 1.54) is 6.92 Å². The topological polar surface area (TPSA) is 193 Å². The van der Waals surface area contributed by atoms with E-state index < -0.39 is 95.2 Å². The third-order valence-corrected chi connectivity index (χ3v) is 12.0. The van der Waals surface area contributed by atoms with Crippen molar-refractivity contribution >= 4 is 64.6 Å². The summed E-state index contributed by atoms with van der Waals surface area (Å²) >= 11 is 18.9. The number of carbonyl (C=O) groups excluding carboxylic acids is 3. The number of esters is 2. The summed E-state index contributed by atoms with van der Waals surface area (Å²) < 4.78 is 53.8. The largest absolute Gasteiger partial charge is 0.463 e. The second-order valence-corrected chi connectivity index (χ2v) is 19.3. The first-order valence-corrected chi connectivity index (χ1v) is 23.0. The summed E-state index contributed by atoms with van der Waals surface area (Å²) in [5, 5.41) is 15.1. The molecule has 0 aromatic heterocycles. The molecule has 6 rings (SSSR count). The number of hydrogen-bond acceptors (Lipinski definition) is 15. The fraction of sp³-hybridized carbons (Fsp3) is 0.426. The molecule has 2 aliphatic heterocycles. The second-order valence-electron chi connectivity index (χ2n) is 15.7. The van der Waals surface area contributed by atoms with Gasteiger partial charge >= 0.3 is 18.0 Å². The highest BCUT2D eigenvalue weighted by molar-refractivity contribution is 7.99. The summed E-state index contributed by atoms with van der Waals surface area (Å²) in [5.41, 5.74) is 7.24. The van der Waals surface area contributed by atoms with E-state index in [0.717, 1.165) is 40.9 Å². The number of alkyl halides is 3. The van der Waals surface area contributed by atoms with Crippen LogP contribution in [-0.4, -0.2) is 107 Å². The minimum atomic E-state index is -2.24. The summed E-state index contributed by atoms with van der Waals surface area (Å²) in [5.74, 6) is -1.48. The van der Waals surface area contributed by atoms with Crippen LogP contribution in [0.2, 0.25) is 0 Å². The van der Waals surface area contributed by atoms with Gasteiger partial charge in [0.1, 0.15) is 55.3 Å². The Morgan fingerprint density at radius 2 is 1.27 bits per heavy atom. The Hall–Kier alpha value is -4.01. The maximum Gasteiger partial charge on any atom is 0.408 e. The van der Waals surface area contributed by atoms with Crippen molar-refractivity contribution in [2.45, 2.75) is 109 Å². The number of aryl methyl sites for hydroxylation is 1. The van der Waals surface area contributed by atoms with E-state index in [1.54, 1.807) is 12.1 Å². The van der Waals surface area contributed by atoms with Crippen molar-refractivity contribution in [3.05, 3.63) is 138 Å². The van der Waals surface area contributed by atoms with Crippen LogP contribution in [0.3, 0.4) is 0 Å². The Morgan fingerprint density at radius 1 is 0.727 bits per heavy atom. The van der Waals surface area contributed by atoms with Gasteiger partial charge in [0.25, 0.3) is 0 Å². The lowest BCUT2D eigenvalue weighted by molar-refractivity contribution is -0.348. The molecule has 4 N–H and O–H groups in total. The molecule has 356 valence electrons. The van der Waals surface area contributed by atoms with E-state index in [4.69, 9.17) is 83.2 Å². The molecule has 1 amide bonds. The number of nitrogens with two attached hydrogens (primary N) is 1. The lowest BCUT2D eigenvalue weighted by Gasteiger charge is -2.53. The number of rotatable bonds is 19. The van der Waals surface area contributed by atoms with E-state index in [9.17, 15) is 19.5 Å². The molecule has 0 spiro atoms. The maximum absolute atomic E-state index is 13.7. The fourth-order valence-corrected chi connectivity index (χ4v) is 8.53. The number of ether oxygens (including phenoxy) is 9. The number of halogens is 3. The maximum atomic E-state index is 13.7. The standard InChI is InChI=1S/C47H53Cl3N2O13S/c1-29-19-21-35(22-20-29)66-44-47(51,52-45(56)61-28-46(48,49)50)42(40(62-31(3)54)37(64-44)27-58-30(2)53)65-43-38(55)41(60-25-34-17-11-6-12-18-34)39(59-24-33-15-9-5-10-16-33)36(63-43)26-57-23-32-13-7-4-8-14-32/h4-22,36-44,55H,23-28,51H2,1-3H3,(H,52,56)/t36-,37-,38-,39+,40+,41-,42+,43+,44+,47+/m1/s1. The highest BCUT2D eigenvalue weighted by atomic mass is 35.6. The van der Waals surface area contributed by atoms with Gasteiger partial charge in [-0.25, -0.2) is 4.79 Å². The quantitative estimate of drug-likeness (QED) is 0.0379. The van der Waals surface area contributed by atoms with Gasteiger partial charge in [-0.2, -0.15) is 0 Å². The molecule has 10 atom stereocenters.